The molecule has 220 valence electrons. The highest BCUT2D eigenvalue weighted by molar-refractivity contribution is 7.18. The molecule has 1 aliphatic carbocycles. The number of anilines is 1. The number of likely N-dealkylation sites (tertiary alicyclic amines) is 1. The largest absolute Gasteiger partial charge is 0.482 e. The number of hydrogen-bond donors (Lipinski definition) is 1. The fourth-order valence-corrected chi connectivity index (χ4v) is 5.02. The molecule has 2 heterocycles. The van der Waals surface area contributed by atoms with Gasteiger partial charge in [-0.1, -0.05) is 59.5 Å². The van der Waals surface area contributed by atoms with E-state index in [-0.39, 0.29) is 23.6 Å². The van der Waals surface area contributed by atoms with Crippen LogP contribution in [0.15, 0.2) is 72.2 Å². The summed E-state index contributed by atoms with van der Waals surface area (Å²) in [6, 6.07) is 9.74. The third-order valence-electron chi connectivity index (χ3n) is 6.68. The van der Waals surface area contributed by atoms with Crippen molar-refractivity contribution in [2.75, 3.05) is 25.4 Å². The summed E-state index contributed by atoms with van der Waals surface area (Å²) in [7, 11) is 1.40. The summed E-state index contributed by atoms with van der Waals surface area (Å²) in [6.45, 7) is 15.2. The number of rotatable bonds is 8. The number of allylic oxidation sites excluding steroid dienone is 3. The number of pyridine rings is 1. The highest BCUT2D eigenvalue weighted by Crippen LogP contribution is 2.43. The van der Waals surface area contributed by atoms with Crippen molar-refractivity contribution in [3.05, 3.63) is 77.8 Å². The van der Waals surface area contributed by atoms with Gasteiger partial charge in [-0.05, 0) is 82.8 Å². The first kappa shape index (κ1) is 33.6. The van der Waals surface area contributed by atoms with Gasteiger partial charge in [0, 0.05) is 23.8 Å². The van der Waals surface area contributed by atoms with E-state index in [2.05, 4.69) is 30.3 Å². The Morgan fingerprint density at radius 1 is 1.18 bits per heavy atom. The first-order chi connectivity index (χ1) is 19.0. The molecule has 1 aromatic carbocycles. The maximum absolute atomic E-state index is 14.2. The van der Waals surface area contributed by atoms with E-state index in [1.165, 1.54) is 53.7 Å². The molecule has 0 radical (unpaired) electrons. The van der Waals surface area contributed by atoms with Crippen molar-refractivity contribution in [3.63, 3.8) is 0 Å². The van der Waals surface area contributed by atoms with Crippen LogP contribution in [0.25, 0.3) is 11.1 Å². The summed E-state index contributed by atoms with van der Waals surface area (Å²) < 4.78 is 48.0. The molecule has 8 heteroatoms. The number of ether oxygens (including phenoxy) is 1. The number of aromatic nitrogens is 1. The standard InChI is InChI=1S/C22H24F3N2OP.C7H15N.C3H6/c1-3-14-7-9-15(10-8-14)16-11-19(21(26)27-12-16)28-13(2)17-5-4-6-18(23)20(17)22(24,25)29;1-2-5-8-6-3-4-7-8;1-3-2/h5,7-13H,3-4,6,29H2,1-2H3,(H2,26,27);2-7H2,1H3;3H,1H2,2H3. The van der Waals surface area contributed by atoms with E-state index in [9.17, 15) is 13.2 Å². The average Bonchev–Trinajstić information content (AvgIpc) is 3.43. The summed E-state index contributed by atoms with van der Waals surface area (Å²) >= 11 is 0. The van der Waals surface area contributed by atoms with E-state index in [0.717, 1.165) is 17.5 Å². The minimum atomic E-state index is -3.37. The van der Waals surface area contributed by atoms with Crippen LogP contribution in [0.1, 0.15) is 65.4 Å². The molecule has 2 unspecified atom stereocenters. The zero-order valence-electron chi connectivity index (χ0n) is 24.4. The summed E-state index contributed by atoms with van der Waals surface area (Å²) in [5, 5.41) is 0. The van der Waals surface area contributed by atoms with Gasteiger partial charge in [0.2, 0.25) is 0 Å². The summed E-state index contributed by atoms with van der Waals surface area (Å²) in [5.74, 6) is -0.396. The first-order valence-electron chi connectivity index (χ1n) is 14.1. The van der Waals surface area contributed by atoms with Crippen molar-refractivity contribution >= 4 is 15.1 Å². The molecule has 4 rings (SSSR count). The van der Waals surface area contributed by atoms with E-state index < -0.39 is 23.2 Å². The molecule has 1 fully saturated rings. The van der Waals surface area contributed by atoms with E-state index in [0.29, 0.717) is 6.42 Å². The van der Waals surface area contributed by atoms with Gasteiger partial charge in [-0.3, -0.25) is 0 Å². The van der Waals surface area contributed by atoms with Gasteiger partial charge in [0.15, 0.2) is 11.6 Å². The number of nitrogens with zero attached hydrogens (tertiary/aromatic N) is 2. The lowest BCUT2D eigenvalue weighted by Gasteiger charge is -2.27. The smallest absolute Gasteiger partial charge is 0.286 e. The highest BCUT2D eigenvalue weighted by Gasteiger charge is 2.38. The van der Waals surface area contributed by atoms with Crippen molar-refractivity contribution in [1.29, 1.82) is 0 Å². The van der Waals surface area contributed by atoms with Crippen molar-refractivity contribution in [2.24, 2.45) is 0 Å². The second kappa shape index (κ2) is 16.6. The lowest BCUT2D eigenvalue weighted by atomic mass is 9.93. The molecule has 2 atom stereocenters. The van der Waals surface area contributed by atoms with Crippen LogP contribution in [-0.2, 0) is 6.42 Å². The molecule has 2 N–H and O–H groups in total. The van der Waals surface area contributed by atoms with Crippen molar-refractivity contribution < 1.29 is 17.9 Å². The van der Waals surface area contributed by atoms with Crippen molar-refractivity contribution in [2.45, 2.75) is 78.0 Å². The topological polar surface area (TPSA) is 51.4 Å². The molecule has 1 aromatic heterocycles. The fourth-order valence-electron chi connectivity index (χ4n) is 4.70. The molecule has 4 nitrogen and oxygen atoms in total. The molecule has 1 aliphatic heterocycles. The van der Waals surface area contributed by atoms with Crippen LogP contribution in [0.3, 0.4) is 0 Å². The van der Waals surface area contributed by atoms with E-state index in [4.69, 9.17) is 10.5 Å². The quantitative estimate of drug-likeness (QED) is 0.253. The van der Waals surface area contributed by atoms with Crippen LogP contribution in [0, 0.1) is 0 Å². The lowest BCUT2D eigenvalue weighted by molar-refractivity contribution is 0.138. The van der Waals surface area contributed by atoms with Crippen LogP contribution in [0.2, 0.25) is 0 Å². The second-order valence-electron chi connectivity index (χ2n) is 9.98. The van der Waals surface area contributed by atoms with Crippen molar-refractivity contribution in [1.82, 2.24) is 9.88 Å². The highest BCUT2D eigenvalue weighted by atomic mass is 31.0. The molecule has 0 amide bonds. The Hall–Kier alpha value is -2.63. The number of halogens is 3. The van der Waals surface area contributed by atoms with Crippen molar-refractivity contribution in [3.8, 4) is 16.9 Å². The van der Waals surface area contributed by atoms with Gasteiger partial charge >= 0.3 is 0 Å². The Morgan fingerprint density at radius 2 is 1.80 bits per heavy atom. The number of nitrogen functional groups attached to an aromatic ring is 1. The Kier molecular flexibility index (Phi) is 13.9. The zero-order valence-corrected chi connectivity index (χ0v) is 25.5. The third kappa shape index (κ3) is 10.1. The SMILES string of the molecule is C=CC.CCCN1CCCC1.CCc1ccc(-c2cnc(N)c(OC(C)C3=CCCC(F)=C3C(F)(F)P)c2)cc1. The Balaban J connectivity index is 0.000000427. The second-order valence-corrected chi connectivity index (χ2v) is 10.7. The van der Waals surface area contributed by atoms with E-state index in [1.54, 1.807) is 31.3 Å². The maximum atomic E-state index is 14.2. The van der Waals surface area contributed by atoms with Gasteiger partial charge in [-0.25, -0.2) is 9.37 Å². The average molecular weight is 576 g/mol. The van der Waals surface area contributed by atoms with Crippen LogP contribution < -0.4 is 10.5 Å². The minimum Gasteiger partial charge on any atom is -0.482 e. The van der Waals surface area contributed by atoms with Gasteiger partial charge < -0.3 is 15.4 Å². The van der Waals surface area contributed by atoms with Gasteiger partial charge in [0.05, 0.1) is 5.57 Å². The number of hydrogen-bond acceptors (Lipinski definition) is 4. The first-order valence-corrected chi connectivity index (χ1v) is 14.7. The molecule has 0 bridgehead atoms. The lowest BCUT2D eigenvalue weighted by Crippen LogP contribution is -2.25. The zero-order chi connectivity index (χ0) is 29.7. The third-order valence-corrected chi connectivity index (χ3v) is 6.97. The van der Waals surface area contributed by atoms with Gasteiger partial charge in [-0.2, -0.15) is 8.78 Å². The van der Waals surface area contributed by atoms with Crippen LogP contribution in [0.5, 0.6) is 5.75 Å². The molecule has 0 saturated carbocycles. The maximum Gasteiger partial charge on any atom is 0.286 e. The summed E-state index contributed by atoms with van der Waals surface area (Å²) in [5.41, 5.74) is 5.02. The number of nitrogens with two attached hydrogens (primary N) is 1. The van der Waals surface area contributed by atoms with Crippen LogP contribution in [-0.4, -0.2) is 41.3 Å². The number of aryl methyl sites for hydroxylation is 1. The minimum absolute atomic E-state index is 0.0392. The summed E-state index contributed by atoms with van der Waals surface area (Å²) in [4.78, 5) is 6.72. The summed E-state index contributed by atoms with van der Waals surface area (Å²) in [6.07, 6.45) is 9.59. The van der Waals surface area contributed by atoms with E-state index in [1.807, 2.05) is 31.2 Å². The predicted octanol–water partition coefficient (Wildman–Crippen LogP) is 8.76. The number of alkyl halides is 2. The molecular formula is C32H45F3N3OP. The molecule has 0 spiro atoms. The molecular weight excluding hydrogens is 530 g/mol. The Morgan fingerprint density at radius 3 is 2.35 bits per heavy atom. The normalized spacial score (nSPS) is 16.2. The van der Waals surface area contributed by atoms with Gasteiger partial charge in [-0.15, -0.1) is 6.58 Å². The van der Waals surface area contributed by atoms with Gasteiger partial charge in [0.1, 0.15) is 11.9 Å². The molecule has 40 heavy (non-hydrogen) atoms. The van der Waals surface area contributed by atoms with Gasteiger partial charge in [0.25, 0.3) is 5.66 Å². The van der Waals surface area contributed by atoms with E-state index >= 15 is 0 Å². The Bertz CT molecular complexity index is 1140. The molecule has 1 saturated heterocycles. The molecule has 2 aromatic rings. The fraction of sp³-hybridized carbons (Fsp3) is 0.469. The Labute approximate surface area is 240 Å². The number of benzene rings is 1. The monoisotopic (exact) mass is 575 g/mol. The van der Waals surface area contributed by atoms with Crippen LogP contribution in [0.4, 0.5) is 19.0 Å². The van der Waals surface area contributed by atoms with Crippen LogP contribution >= 0.6 is 9.24 Å². The molecule has 2 aliphatic rings. The predicted molar refractivity (Wildman–Crippen MR) is 165 cm³/mol.